The third kappa shape index (κ3) is 3.18. The highest BCUT2D eigenvalue weighted by Gasteiger charge is 2.16. The van der Waals surface area contributed by atoms with Gasteiger partial charge in [0.25, 0.3) is 0 Å². The third-order valence-corrected chi connectivity index (χ3v) is 3.37. The minimum Gasteiger partial charge on any atom is -0.465 e. The number of halogens is 2. The normalized spacial score (nSPS) is 9.95. The lowest BCUT2D eigenvalue weighted by Gasteiger charge is -2.14. The molecule has 0 bridgehead atoms. The highest BCUT2D eigenvalue weighted by molar-refractivity contribution is 6.34. The molecule has 2 aromatic rings. The van der Waals surface area contributed by atoms with Crippen molar-refractivity contribution < 1.29 is 13.9 Å². The number of ether oxygens (including phenoxy) is 1. The van der Waals surface area contributed by atoms with E-state index in [1.54, 1.807) is 13.0 Å². The zero-order valence-corrected chi connectivity index (χ0v) is 12.7. The Kier molecular flexibility index (Phi) is 4.64. The lowest BCUT2D eigenvalue weighted by molar-refractivity contribution is 0.0602. The molecule has 0 saturated carbocycles. The van der Waals surface area contributed by atoms with Gasteiger partial charge in [0.1, 0.15) is 5.82 Å². The van der Waals surface area contributed by atoms with Crippen LogP contribution in [0, 0.1) is 19.3 Å². The van der Waals surface area contributed by atoms with Gasteiger partial charge in [-0.05, 0) is 42.8 Å². The van der Waals surface area contributed by atoms with E-state index in [4.69, 9.17) is 22.9 Å². The van der Waals surface area contributed by atoms with E-state index in [-0.39, 0.29) is 22.1 Å². The maximum atomic E-state index is 13.2. The highest BCUT2D eigenvalue weighted by Crippen LogP contribution is 2.34. The van der Waals surface area contributed by atoms with Crippen LogP contribution in [0.3, 0.4) is 0 Å². The van der Waals surface area contributed by atoms with Gasteiger partial charge in [0.2, 0.25) is 5.69 Å². The molecule has 0 atom stereocenters. The Bertz CT molecular complexity index is 784. The molecule has 0 heterocycles. The molecule has 4 nitrogen and oxygen atoms in total. The molecule has 2 aromatic carbocycles. The summed E-state index contributed by atoms with van der Waals surface area (Å²) in [5.74, 6) is -0.943. The number of anilines is 2. The Morgan fingerprint density at radius 2 is 2.05 bits per heavy atom. The quantitative estimate of drug-likeness (QED) is 0.648. The van der Waals surface area contributed by atoms with Crippen molar-refractivity contribution >= 4 is 34.6 Å². The predicted molar refractivity (Wildman–Crippen MR) is 83.5 cm³/mol. The van der Waals surface area contributed by atoms with Crippen LogP contribution >= 0.6 is 11.6 Å². The molecule has 0 aromatic heterocycles. The Morgan fingerprint density at radius 3 is 2.64 bits per heavy atom. The van der Waals surface area contributed by atoms with Crippen molar-refractivity contribution in [3.8, 4) is 0 Å². The first kappa shape index (κ1) is 15.8. The molecular formula is C16H12ClFN2O2. The van der Waals surface area contributed by atoms with Crippen LogP contribution in [0.5, 0.6) is 0 Å². The average Bonchev–Trinajstić information content (AvgIpc) is 2.49. The maximum absolute atomic E-state index is 13.2. The summed E-state index contributed by atoms with van der Waals surface area (Å²) in [6, 6.07) is 7.08. The van der Waals surface area contributed by atoms with Crippen LogP contribution in [-0.4, -0.2) is 13.1 Å². The summed E-state index contributed by atoms with van der Waals surface area (Å²) >= 11 is 6.01. The van der Waals surface area contributed by atoms with Crippen molar-refractivity contribution in [2.24, 2.45) is 0 Å². The van der Waals surface area contributed by atoms with Gasteiger partial charge in [-0.1, -0.05) is 11.6 Å². The molecule has 0 aliphatic rings. The summed E-state index contributed by atoms with van der Waals surface area (Å²) in [7, 11) is 1.25. The maximum Gasteiger partial charge on any atom is 0.338 e. The van der Waals surface area contributed by atoms with Crippen LogP contribution in [0.4, 0.5) is 21.5 Å². The topological polar surface area (TPSA) is 42.7 Å². The Balaban J connectivity index is 2.52. The van der Waals surface area contributed by atoms with E-state index in [9.17, 15) is 9.18 Å². The van der Waals surface area contributed by atoms with Crippen LogP contribution in [0.25, 0.3) is 4.85 Å². The molecule has 112 valence electrons. The number of hydrogen-bond acceptors (Lipinski definition) is 3. The molecule has 0 aliphatic carbocycles. The van der Waals surface area contributed by atoms with Gasteiger partial charge in [0.05, 0.1) is 24.9 Å². The molecule has 0 spiro atoms. The predicted octanol–water partition coefficient (Wildman–Crippen LogP) is 4.87. The number of nitrogens with one attached hydrogen (secondary N) is 1. The summed E-state index contributed by atoms with van der Waals surface area (Å²) < 4.78 is 17.9. The van der Waals surface area contributed by atoms with E-state index in [1.165, 1.54) is 31.4 Å². The standard InChI is InChI=1S/C16H12ClFN2O2/c1-9-6-10(18)4-5-13(9)20-14-8-12(17)15(19-2)7-11(14)16(21)22-3/h4-8,20H,1,3H3. The number of aryl methyl sites for hydroxylation is 1. The number of nitrogens with zero attached hydrogens (tertiary/aromatic N) is 1. The summed E-state index contributed by atoms with van der Waals surface area (Å²) in [6.07, 6.45) is 0. The van der Waals surface area contributed by atoms with Gasteiger partial charge in [0, 0.05) is 10.7 Å². The highest BCUT2D eigenvalue weighted by atomic mass is 35.5. The van der Waals surface area contributed by atoms with E-state index in [0.29, 0.717) is 16.9 Å². The minimum atomic E-state index is -0.594. The number of esters is 1. The van der Waals surface area contributed by atoms with Gasteiger partial charge >= 0.3 is 5.97 Å². The second kappa shape index (κ2) is 6.46. The lowest BCUT2D eigenvalue weighted by atomic mass is 10.1. The van der Waals surface area contributed by atoms with Crippen molar-refractivity contribution in [1.82, 2.24) is 0 Å². The number of carbonyl (C=O) groups is 1. The number of benzene rings is 2. The second-order valence-corrected chi connectivity index (χ2v) is 4.94. The lowest BCUT2D eigenvalue weighted by Crippen LogP contribution is -2.06. The Labute approximate surface area is 132 Å². The van der Waals surface area contributed by atoms with Crippen molar-refractivity contribution in [3.05, 3.63) is 63.7 Å². The zero-order valence-electron chi connectivity index (χ0n) is 11.9. The summed E-state index contributed by atoms with van der Waals surface area (Å²) in [5.41, 5.74) is 2.02. The van der Waals surface area contributed by atoms with Crippen LogP contribution in [-0.2, 0) is 4.74 Å². The van der Waals surface area contributed by atoms with Crippen molar-refractivity contribution in [1.29, 1.82) is 0 Å². The SMILES string of the molecule is [C-]#[N+]c1cc(C(=O)OC)c(Nc2ccc(F)cc2C)cc1Cl. The van der Waals surface area contributed by atoms with Gasteiger partial charge in [-0.15, -0.1) is 0 Å². The van der Waals surface area contributed by atoms with Gasteiger partial charge in [-0.25, -0.2) is 14.0 Å². The average molecular weight is 319 g/mol. The number of rotatable bonds is 3. The molecule has 2 rings (SSSR count). The second-order valence-electron chi connectivity index (χ2n) is 4.54. The summed E-state index contributed by atoms with van der Waals surface area (Å²) in [5, 5.41) is 3.23. The molecule has 0 fully saturated rings. The number of methoxy groups -OCH3 is 1. The third-order valence-electron chi connectivity index (χ3n) is 3.07. The first-order valence-electron chi connectivity index (χ1n) is 6.28. The van der Waals surface area contributed by atoms with E-state index >= 15 is 0 Å². The fourth-order valence-corrected chi connectivity index (χ4v) is 2.15. The van der Waals surface area contributed by atoms with E-state index in [1.807, 2.05) is 0 Å². The number of hydrogen-bond donors (Lipinski definition) is 1. The molecule has 0 radical (unpaired) electrons. The largest absolute Gasteiger partial charge is 0.465 e. The first-order chi connectivity index (χ1) is 10.5. The summed E-state index contributed by atoms with van der Waals surface area (Å²) in [6.45, 7) is 8.79. The first-order valence-corrected chi connectivity index (χ1v) is 6.66. The van der Waals surface area contributed by atoms with Crippen molar-refractivity contribution in [2.75, 3.05) is 12.4 Å². The van der Waals surface area contributed by atoms with Crippen molar-refractivity contribution in [3.63, 3.8) is 0 Å². The van der Waals surface area contributed by atoms with E-state index < -0.39 is 5.97 Å². The number of carbonyl (C=O) groups excluding carboxylic acids is 1. The molecule has 0 saturated heterocycles. The van der Waals surface area contributed by atoms with Gasteiger partial charge in [0.15, 0.2) is 0 Å². The zero-order chi connectivity index (χ0) is 16.3. The van der Waals surface area contributed by atoms with E-state index in [0.717, 1.165) is 0 Å². The molecule has 0 aliphatic heterocycles. The molecule has 22 heavy (non-hydrogen) atoms. The fourth-order valence-electron chi connectivity index (χ4n) is 1.94. The molecule has 0 unspecified atom stereocenters. The van der Waals surface area contributed by atoms with Gasteiger partial charge in [-0.2, -0.15) is 0 Å². The fraction of sp³-hybridized carbons (Fsp3) is 0.125. The molecular weight excluding hydrogens is 307 g/mol. The van der Waals surface area contributed by atoms with Gasteiger partial charge in [-0.3, -0.25) is 0 Å². The van der Waals surface area contributed by atoms with Crippen LogP contribution < -0.4 is 5.32 Å². The van der Waals surface area contributed by atoms with Gasteiger partial charge < -0.3 is 10.1 Å². The molecule has 0 amide bonds. The molecule has 6 heteroatoms. The molecule has 1 N–H and O–H groups in total. The van der Waals surface area contributed by atoms with Crippen LogP contribution in [0.2, 0.25) is 5.02 Å². The Hall–Kier alpha value is -2.58. The van der Waals surface area contributed by atoms with Crippen LogP contribution in [0.1, 0.15) is 15.9 Å². The smallest absolute Gasteiger partial charge is 0.338 e. The van der Waals surface area contributed by atoms with E-state index in [2.05, 4.69) is 10.2 Å². The summed E-state index contributed by atoms with van der Waals surface area (Å²) in [4.78, 5) is 15.1. The monoisotopic (exact) mass is 318 g/mol. The Morgan fingerprint density at radius 1 is 1.32 bits per heavy atom. The van der Waals surface area contributed by atoms with Crippen LogP contribution in [0.15, 0.2) is 30.3 Å². The van der Waals surface area contributed by atoms with Crippen molar-refractivity contribution in [2.45, 2.75) is 6.92 Å². The minimum absolute atomic E-state index is 0.156.